The normalized spacial score (nSPS) is 28.9. The van der Waals surface area contributed by atoms with Crippen LogP contribution in [-0.4, -0.2) is 21.7 Å². The molecule has 3 nitrogen and oxygen atoms in total. The fourth-order valence-electron chi connectivity index (χ4n) is 2.78. The van der Waals surface area contributed by atoms with Gasteiger partial charge < -0.3 is 4.74 Å². The maximum atomic E-state index is 5.47. The Bertz CT molecular complexity index is 389. The van der Waals surface area contributed by atoms with Crippen LogP contribution in [0.4, 0.5) is 0 Å². The lowest BCUT2D eigenvalue weighted by atomic mass is 9.94. The zero-order chi connectivity index (χ0) is 12.6. The van der Waals surface area contributed by atoms with Crippen molar-refractivity contribution in [2.45, 2.75) is 50.4 Å². The van der Waals surface area contributed by atoms with E-state index in [0.29, 0.717) is 22.7 Å². The largest absolute Gasteiger partial charge is 0.493 e. The molecule has 1 aromatic heterocycles. The van der Waals surface area contributed by atoms with E-state index in [1.807, 2.05) is 6.20 Å². The van der Waals surface area contributed by atoms with Gasteiger partial charge in [0.2, 0.25) is 0 Å². The number of hydrogen-bond donors (Lipinski definition) is 0. The third kappa shape index (κ3) is 2.24. The molecular formula is C13H21BrN2O. The summed E-state index contributed by atoms with van der Waals surface area (Å²) in [7, 11) is 1.73. The van der Waals surface area contributed by atoms with Gasteiger partial charge in [0.05, 0.1) is 19.0 Å². The molecule has 0 aromatic carbocycles. The lowest BCUT2D eigenvalue weighted by Gasteiger charge is -2.21. The number of rotatable bonds is 3. The van der Waals surface area contributed by atoms with E-state index in [0.717, 1.165) is 5.75 Å². The van der Waals surface area contributed by atoms with Gasteiger partial charge in [0.15, 0.2) is 5.75 Å². The average Bonchev–Trinajstić information content (AvgIpc) is 2.84. The average molecular weight is 301 g/mol. The molecule has 96 valence electrons. The van der Waals surface area contributed by atoms with Gasteiger partial charge in [0, 0.05) is 16.8 Å². The van der Waals surface area contributed by atoms with Crippen molar-refractivity contribution in [2.75, 3.05) is 7.11 Å². The van der Waals surface area contributed by atoms with Crippen LogP contribution in [0.15, 0.2) is 6.20 Å². The molecule has 0 radical (unpaired) electrons. The number of nitrogens with zero attached hydrogens (tertiary/aromatic N) is 2. The fraction of sp³-hybridized carbons (Fsp3) is 0.769. The van der Waals surface area contributed by atoms with E-state index in [1.165, 1.54) is 18.5 Å². The first-order chi connectivity index (χ1) is 8.06. The van der Waals surface area contributed by atoms with Crippen molar-refractivity contribution in [2.24, 2.45) is 5.92 Å². The van der Waals surface area contributed by atoms with Crippen LogP contribution in [0.2, 0.25) is 0 Å². The summed E-state index contributed by atoms with van der Waals surface area (Å²) in [6.07, 6.45) is 4.30. The molecule has 1 aliphatic rings. The Labute approximate surface area is 112 Å². The second-order valence-corrected chi connectivity index (χ2v) is 6.37. The Morgan fingerprint density at radius 1 is 1.47 bits per heavy atom. The van der Waals surface area contributed by atoms with Crippen molar-refractivity contribution in [1.82, 2.24) is 9.78 Å². The summed E-state index contributed by atoms with van der Waals surface area (Å²) in [5.41, 5.74) is 1.27. The Morgan fingerprint density at radius 3 is 2.65 bits per heavy atom. The number of halogens is 1. The summed E-state index contributed by atoms with van der Waals surface area (Å²) in [5, 5.41) is 4.47. The van der Waals surface area contributed by atoms with E-state index in [4.69, 9.17) is 4.74 Å². The molecule has 0 bridgehead atoms. The first-order valence-electron chi connectivity index (χ1n) is 6.31. The summed E-state index contributed by atoms with van der Waals surface area (Å²) in [6, 6.07) is 0.385. The van der Waals surface area contributed by atoms with E-state index < -0.39 is 0 Å². The van der Waals surface area contributed by atoms with E-state index in [2.05, 4.69) is 46.5 Å². The van der Waals surface area contributed by atoms with Crippen LogP contribution in [0.25, 0.3) is 0 Å². The predicted molar refractivity (Wildman–Crippen MR) is 73.0 cm³/mol. The molecule has 0 spiro atoms. The zero-order valence-electron chi connectivity index (χ0n) is 11.0. The van der Waals surface area contributed by atoms with Gasteiger partial charge in [-0.25, -0.2) is 0 Å². The minimum absolute atomic E-state index is 0.385. The molecule has 1 aliphatic carbocycles. The molecule has 4 heteroatoms. The van der Waals surface area contributed by atoms with Crippen LogP contribution in [0.1, 0.15) is 51.3 Å². The van der Waals surface area contributed by atoms with Crippen molar-refractivity contribution < 1.29 is 4.74 Å². The molecule has 3 atom stereocenters. The first kappa shape index (κ1) is 12.9. The summed E-state index contributed by atoms with van der Waals surface area (Å²) in [4.78, 5) is 0.618. The van der Waals surface area contributed by atoms with Crippen LogP contribution in [0.5, 0.6) is 5.75 Å². The van der Waals surface area contributed by atoms with Crippen LogP contribution in [0, 0.1) is 5.92 Å². The summed E-state index contributed by atoms with van der Waals surface area (Å²) < 4.78 is 7.59. The third-order valence-electron chi connectivity index (χ3n) is 3.82. The lowest BCUT2D eigenvalue weighted by Crippen LogP contribution is -2.16. The van der Waals surface area contributed by atoms with Gasteiger partial charge in [-0.05, 0) is 32.6 Å². The number of aromatic nitrogens is 2. The van der Waals surface area contributed by atoms with Gasteiger partial charge in [0.1, 0.15) is 0 Å². The van der Waals surface area contributed by atoms with Gasteiger partial charge >= 0.3 is 0 Å². The standard InChI is InChI=1S/C13H21BrN2O/c1-8(2)16-13(12(17-4)7-15-16)10-5-6-11(14)9(10)3/h7-11H,5-6H2,1-4H3. The second-order valence-electron chi connectivity index (χ2n) is 5.20. The molecule has 17 heavy (non-hydrogen) atoms. The van der Waals surface area contributed by atoms with Gasteiger partial charge in [-0.2, -0.15) is 5.10 Å². The quantitative estimate of drug-likeness (QED) is 0.795. The molecule has 1 aromatic rings. The van der Waals surface area contributed by atoms with Gasteiger partial charge in [-0.3, -0.25) is 4.68 Å². The molecule has 0 aliphatic heterocycles. The third-order valence-corrected chi connectivity index (χ3v) is 5.11. The van der Waals surface area contributed by atoms with Crippen LogP contribution < -0.4 is 4.74 Å². The minimum Gasteiger partial charge on any atom is -0.493 e. The highest BCUT2D eigenvalue weighted by molar-refractivity contribution is 9.09. The number of alkyl halides is 1. The van der Waals surface area contributed by atoms with E-state index in [-0.39, 0.29) is 0 Å². The topological polar surface area (TPSA) is 27.1 Å². The van der Waals surface area contributed by atoms with Crippen LogP contribution in [0.3, 0.4) is 0 Å². The Balaban J connectivity index is 2.39. The molecule has 0 saturated heterocycles. The fourth-order valence-corrected chi connectivity index (χ4v) is 3.41. The molecule has 2 rings (SSSR count). The van der Waals surface area contributed by atoms with Crippen LogP contribution in [-0.2, 0) is 0 Å². The molecular weight excluding hydrogens is 280 g/mol. The number of ether oxygens (including phenoxy) is 1. The Morgan fingerprint density at radius 2 is 2.18 bits per heavy atom. The highest BCUT2D eigenvalue weighted by Crippen LogP contribution is 2.46. The first-order valence-corrected chi connectivity index (χ1v) is 7.23. The summed E-state index contributed by atoms with van der Waals surface area (Å²) in [6.45, 7) is 6.65. The highest BCUT2D eigenvalue weighted by Gasteiger charge is 2.36. The Hall–Kier alpha value is -0.510. The SMILES string of the molecule is COc1cnn(C(C)C)c1C1CCC(Br)C1C. The van der Waals surface area contributed by atoms with Gasteiger partial charge in [-0.1, -0.05) is 22.9 Å². The van der Waals surface area contributed by atoms with Crippen molar-refractivity contribution in [1.29, 1.82) is 0 Å². The molecule has 1 saturated carbocycles. The van der Waals surface area contributed by atoms with E-state index in [9.17, 15) is 0 Å². The monoisotopic (exact) mass is 300 g/mol. The summed E-state index contributed by atoms with van der Waals surface area (Å²) in [5.74, 6) is 2.13. The molecule has 1 heterocycles. The smallest absolute Gasteiger partial charge is 0.160 e. The Kier molecular flexibility index (Phi) is 3.81. The predicted octanol–water partition coefficient (Wildman–Crippen LogP) is 3.75. The van der Waals surface area contributed by atoms with Crippen molar-refractivity contribution in [3.05, 3.63) is 11.9 Å². The van der Waals surface area contributed by atoms with Crippen molar-refractivity contribution in [3.63, 3.8) is 0 Å². The maximum Gasteiger partial charge on any atom is 0.160 e. The van der Waals surface area contributed by atoms with Gasteiger partial charge in [-0.15, -0.1) is 0 Å². The van der Waals surface area contributed by atoms with E-state index >= 15 is 0 Å². The van der Waals surface area contributed by atoms with Crippen LogP contribution >= 0.6 is 15.9 Å². The van der Waals surface area contributed by atoms with Crippen molar-refractivity contribution >= 4 is 15.9 Å². The highest BCUT2D eigenvalue weighted by atomic mass is 79.9. The molecule has 1 fully saturated rings. The zero-order valence-corrected chi connectivity index (χ0v) is 12.6. The summed E-state index contributed by atoms with van der Waals surface area (Å²) >= 11 is 3.77. The minimum atomic E-state index is 0.385. The lowest BCUT2D eigenvalue weighted by molar-refractivity contribution is 0.385. The molecule has 0 amide bonds. The van der Waals surface area contributed by atoms with Crippen molar-refractivity contribution in [3.8, 4) is 5.75 Å². The number of hydrogen-bond acceptors (Lipinski definition) is 2. The molecule has 0 N–H and O–H groups in total. The second kappa shape index (κ2) is 5.01. The van der Waals surface area contributed by atoms with E-state index in [1.54, 1.807) is 7.11 Å². The molecule has 3 unspecified atom stereocenters. The number of methoxy groups -OCH3 is 1. The maximum absolute atomic E-state index is 5.47. The van der Waals surface area contributed by atoms with Gasteiger partial charge in [0.25, 0.3) is 0 Å².